The number of benzene rings is 1. The predicted molar refractivity (Wildman–Crippen MR) is 103 cm³/mol. The van der Waals surface area contributed by atoms with Gasteiger partial charge in [0.25, 0.3) is 10.0 Å². The summed E-state index contributed by atoms with van der Waals surface area (Å²) < 4.78 is 28.8. The van der Waals surface area contributed by atoms with Crippen LogP contribution in [0, 0.1) is 5.92 Å². The molecule has 3 aliphatic rings. The summed E-state index contributed by atoms with van der Waals surface area (Å²) in [6.07, 6.45) is 3.64. The lowest BCUT2D eigenvalue weighted by Gasteiger charge is -2.36. The average Bonchev–Trinajstić information content (AvgIpc) is 3.25. The molecule has 7 nitrogen and oxygen atoms in total. The van der Waals surface area contributed by atoms with E-state index in [-0.39, 0.29) is 16.8 Å². The smallest absolute Gasteiger partial charge is 0.285 e. The first-order valence-corrected chi connectivity index (χ1v) is 11.1. The molecule has 1 N–H and O–H groups in total. The van der Waals surface area contributed by atoms with Gasteiger partial charge in [-0.1, -0.05) is 12.1 Å². The third kappa shape index (κ3) is 3.36. The Bertz CT molecular complexity index is 859. The summed E-state index contributed by atoms with van der Waals surface area (Å²) in [6.45, 7) is 3.20. The van der Waals surface area contributed by atoms with E-state index in [1.165, 1.54) is 0 Å². The number of hydrogen-bond donors (Lipinski definition) is 1. The van der Waals surface area contributed by atoms with Crippen molar-refractivity contribution in [1.82, 2.24) is 15.1 Å². The minimum atomic E-state index is -3.67. The Kier molecular flexibility index (Phi) is 4.94. The molecule has 146 valence electrons. The number of nitrogens with one attached hydrogen (secondary N) is 1. The third-order valence-electron chi connectivity index (χ3n) is 5.84. The van der Waals surface area contributed by atoms with Crippen molar-refractivity contribution in [3.05, 3.63) is 29.8 Å². The number of carbonyl (C=O) groups excluding carboxylic acids is 1. The lowest BCUT2D eigenvalue weighted by molar-refractivity contribution is -0.136. The number of fused-ring (bicyclic) bond motifs is 1. The quantitative estimate of drug-likeness (QED) is 0.835. The van der Waals surface area contributed by atoms with E-state index in [0.717, 1.165) is 45.3 Å². The van der Waals surface area contributed by atoms with Crippen LogP contribution in [0.4, 0.5) is 0 Å². The summed E-state index contributed by atoms with van der Waals surface area (Å²) in [7, 11) is -1.70. The number of carbonyl (C=O) groups is 1. The Hall–Kier alpha value is -1.93. The molecule has 1 atom stereocenters. The molecule has 3 aliphatic heterocycles. The summed E-state index contributed by atoms with van der Waals surface area (Å²) in [5.74, 6) is 1.17. The number of likely N-dealkylation sites (tertiary alicyclic amines) is 2. The molecule has 8 heteroatoms. The average molecular weight is 391 g/mol. The second-order valence-corrected chi connectivity index (χ2v) is 9.14. The van der Waals surface area contributed by atoms with Crippen LogP contribution in [0.25, 0.3) is 0 Å². The third-order valence-corrected chi connectivity index (χ3v) is 7.17. The minimum Gasteiger partial charge on any atom is -0.343 e. The van der Waals surface area contributed by atoms with Gasteiger partial charge in [0.1, 0.15) is 10.9 Å². The van der Waals surface area contributed by atoms with Gasteiger partial charge in [-0.2, -0.15) is 8.42 Å². The normalized spacial score (nSPS) is 24.8. The van der Waals surface area contributed by atoms with E-state index in [9.17, 15) is 13.2 Å². The largest absolute Gasteiger partial charge is 0.343 e. The molecule has 0 aromatic heterocycles. The molecule has 0 spiro atoms. The molecule has 27 heavy (non-hydrogen) atoms. The molecule has 1 aromatic carbocycles. The molecule has 3 heterocycles. The van der Waals surface area contributed by atoms with Gasteiger partial charge in [-0.05, 0) is 57.3 Å². The molecule has 4 rings (SSSR count). The highest BCUT2D eigenvalue weighted by molar-refractivity contribution is 7.90. The Morgan fingerprint density at radius 2 is 1.93 bits per heavy atom. The maximum Gasteiger partial charge on any atom is 0.285 e. The number of hydrogen-bond acceptors (Lipinski definition) is 5. The molecular weight excluding hydrogens is 364 g/mol. The van der Waals surface area contributed by atoms with Gasteiger partial charge in [-0.25, -0.2) is 0 Å². The van der Waals surface area contributed by atoms with E-state index in [2.05, 4.69) is 9.71 Å². The maximum absolute atomic E-state index is 13.2. The fourth-order valence-corrected chi connectivity index (χ4v) is 5.65. The highest BCUT2D eigenvalue weighted by Crippen LogP contribution is 2.32. The monoisotopic (exact) mass is 390 g/mol. The van der Waals surface area contributed by atoms with Crippen LogP contribution >= 0.6 is 0 Å². The molecule has 1 unspecified atom stereocenters. The van der Waals surface area contributed by atoms with Crippen LogP contribution in [0.5, 0.6) is 0 Å². The molecule has 1 amide bonds. The van der Waals surface area contributed by atoms with Crippen molar-refractivity contribution in [3.8, 4) is 0 Å². The van der Waals surface area contributed by atoms with Crippen LogP contribution in [0.15, 0.2) is 33.6 Å². The van der Waals surface area contributed by atoms with Crippen LogP contribution in [0.2, 0.25) is 0 Å². The Morgan fingerprint density at radius 3 is 2.67 bits per heavy atom. The number of rotatable bonds is 3. The summed E-state index contributed by atoms with van der Waals surface area (Å²) in [4.78, 5) is 17.3. The van der Waals surface area contributed by atoms with Crippen LogP contribution in [0.1, 0.15) is 31.2 Å². The predicted octanol–water partition coefficient (Wildman–Crippen LogP) is 1.06. The highest BCUT2D eigenvalue weighted by Gasteiger charge is 2.41. The van der Waals surface area contributed by atoms with E-state index in [1.807, 2.05) is 22.9 Å². The molecule has 2 saturated heterocycles. The zero-order chi connectivity index (χ0) is 19.0. The van der Waals surface area contributed by atoms with Gasteiger partial charge in [0, 0.05) is 25.2 Å². The summed E-state index contributed by atoms with van der Waals surface area (Å²) in [6, 6.07) is 6.57. The van der Waals surface area contributed by atoms with Gasteiger partial charge in [0.05, 0.1) is 0 Å². The first-order valence-electron chi connectivity index (χ1n) is 9.65. The van der Waals surface area contributed by atoms with Crippen LogP contribution < -0.4 is 5.32 Å². The highest BCUT2D eigenvalue weighted by atomic mass is 32.2. The second kappa shape index (κ2) is 7.24. The summed E-state index contributed by atoms with van der Waals surface area (Å²) in [5.41, 5.74) is 0.616. The van der Waals surface area contributed by atoms with Crippen LogP contribution in [0.3, 0.4) is 0 Å². The SMILES string of the molecule is CNCC1CCN(C(=O)C2CCCN2C2=NS(=O)(=O)c3ccccc32)CC1. The number of sulfonamides is 1. The maximum atomic E-state index is 13.2. The van der Waals surface area contributed by atoms with Crippen molar-refractivity contribution in [2.45, 2.75) is 36.6 Å². The first-order chi connectivity index (χ1) is 13.0. The van der Waals surface area contributed by atoms with Crippen molar-refractivity contribution in [2.24, 2.45) is 10.3 Å². The van der Waals surface area contributed by atoms with Crippen LogP contribution in [-0.4, -0.2) is 69.2 Å². The van der Waals surface area contributed by atoms with Crippen molar-refractivity contribution in [3.63, 3.8) is 0 Å². The van der Waals surface area contributed by atoms with Gasteiger partial charge in [0.2, 0.25) is 5.91 Å². The lowest BCUT2D eigenvalue weighted by Crippen LogP contribution is -2.50. The molecule has 0 aliphatic carbocycles. The van der Waals surface area contributed by atoms with Crippen LogP contribution in [-0.2, 0) is 14.8 Å². The second-order valence-electron chi connectivity index (χ2n) is 7.56. The summed E-state index contributed by atoms with van der Waals surface area (Å²) >= 11 is 0. The van der Waals surface area contributed by atoms with Crippen molar-refractivity contribution >= 4 is 21.8 Å². The zero-order valence-corrected chi connectivity index (χ0v) is 16.4. The van der Waals surface area contributed by atoms with Gasteiger partial charge < -0.3 is 15.1 Å². The van der Waals surface area contributed by atoms with E-state index >= 15 is 0 Å². The van der Waals surface area contributed by atoms with Crippen molar-refractivity contribution in [2.75, 3.05) is 33.2 Å². The van der Waals surface area contributed by atoms with E-state index in [4.69, 9.17) is 0 Å². The van der Waals surface area contributed by atoms with Gasteiger partial charge >= 0.3 is 0 Å². The van der Waals surface area contributed by atoms with E-state index in [0.29, 0.717) is 23.9 Å². The number of nitrogens with zero attached hydrogens (tertiary/aromatic N) is 3. The molecule has 0 saturated carbocycles. The molecule has 2 fully saturated rings. The van der Waals surface area contributed by atoms with Crippen molar-refractivity contribution < 1.29 is 13.2 Å². The lowest BCUT2D eigenvalue weighted by atomic mass is 9.96. The fraction of sp³-hybridized carbons (Fsp3) is 0.579. The van der Waals surface area contributed by atoms with Crippen molar-refractivity contribution in [1.29, 1.82) is 0 Å². The first kappa shape index (κ1) is 18.4. The van der Waals surface area contributed by atoms with Gasteiger partial charge in [0.15, 0.2) is 5.84 Å². The number of piperidine rings is 1. The summed E-state index contributed by atoms with van der Waals surface area (Å²) in [5, 5.41) is 3.21. The zero-order valence-electron chi connectivity index (χ0n) is 15.6. The minimum absolute atomic E-state index is 0.111. The number of amides is 1. The van der Waals surface area contributed by atoms with E-state index in [1.54, 1.807) is 18.2 Å². The molecule has 1 aromatic rings. The molecule has 0 bridgehead atoms. The Morgan fingerprint density at radius 1 is 1.19 bits per heavy atom. The van der Waals surface area contributed by atoms with Gasteiger partial charge in [-0.15, -0.1) is 4.40 Å². The Labute approximate surface area is 160 Å². The molecule has 0 radical (unpaired) electrons. The fourth-order valence-electron chi connectivity index (χ4n) is 4.43. The topological polar surface area (TPSA) is 82.1 Å². The van der Waals surface area contributed by atoms with E-state index < -0.39 is 10.0 Å². The number of amidine groups is 1. The standard InChI is InChI=1S/C19H26N4O3S/c1-20-13-14-8-11-22(12-9-14)19(24)16-6-4-10-23(16)18-15-5-2-3-7-17(15)27(25,26)21-18/h2-3,5,7,14,16,20H,4,6,8-13H2,1H3. The molecular formula is C19H26N4O3S. The van der Waals surface area contributed by atoms with Gasteiger partial charge in [-0.3, -0.25) is 4.79 Å². The Balaban J connectivity index is 1.53.